The van der Waals surface area contributed by atoms with Gasteiger partial charge < -0.3 is 18.9 Å². The molecule has 3 aliphatic carbocycles. The summed E-state index contributed by atoms with van der Waals surface area (Å²) in [4.78, 5) is 57.1. The number of carbonyl (C=O) groups excluding carboxylic acids is 4. The summed E-state index contributed by atoms with van der Waals surface area (Å²) in [5.41, 5.74) is 3.89. The van der Waals surface area contributed by atoms with E-state index >= 15 is 0 Å². The van der Waals surface area contributed by atoms with Gasteiger partial charge in [0.05, 0.1) is 23.7 Å². The van der Waals surface area contributed by atoms with E-state index in [0.29, 0.717) is 0 Å². The van der Waals surface area contributed by atoms with Crippen molar-refractivity contribution in [2.45, 2.75) is 40.3 Å². The fourth-order valence-corrected chi connectivity index (χ4v) is 7.40. The fourth-order valence-electron chi connectivity index (χ4n) is 7.40. The van der Waals surface area contributed by atoms with Gasteiger partial charge in [-0.1, -0.05) is 147 Å². The Labute approximate surface area is 298 Å². The number of hydrogen-bond acceptors (Lipinski definition) is 8. The summed E-state index contributed by atoms with van der Waals surface area (Å²) >= 11 is 0. The van der Waals surface area contributed by atoms with Crippen LogP contribution in [0.1, 0.15) is 36.1 Å². The summed E-state index contributed by atoms with van der Waals surface area (Å²) in [6.45, 7) is 3.85. The number of rotatable bonds is 13. The van der Waals surface area contributed by atoms with E-state index in [1.54, 1.807) is 0 Å². The normalized spacial score (nSPS) is 22.1. The highest BCUT2D eigenvalue weighted by Crippen LogP contribution is 2.57. The lowest BCUT2D eigenvalue weighted by atomic mass is 9.49. The van der Waals surface area contributed by atoms with Crippen LogP contribution in [0.3, 0.4) is 0 Å². The van der Waals surface area contributed by atoms with E-state index in [1.807, 2.05) is 141 Å². The van der Waals surface area contributed by atoms with Crippen molar-refractivity contribution >= 4 is 23.9 Å². The highest BCUT2D eigenvalue weighted by Gasteiger charge is 2.64. The lowest BCUT2D eigenvalue weighted by Gasteiger charge is -2.52. The molecule has 4 atom stereocenters. The van der Waals surface area contributed by atoms with Gasteiger partial charge in [0.15, 0.2) is 0 Å². The van der Waals surface area contributed by atoms with Crippen molar-refractivity contribution in [3.8, 4) is 0 Å². The van der Waals surface area contributed by atoms with Crippen molar-refractivity contribution < 1.29 is 38.1 Å². The van der Waals surface area contributed by atoms with Crippen molar-refractivity contribution in [3.05, 3.63) is 155 Å². The first-order valence-corrected chi connectivity index (χ1v) is 17.4. The third-order valence-corrected chi connectivity index (χ3v) is 9.80. The molecule has 8 heteroatoms. The first kappa shape index (κ1) is 35.3. The molecule has 0 amide bonds. The van der Waals surface area contributed by atoms with Crippen LogP contribution in [0.5, 0.6) is 0 Å². The van der Waals surface area contributed by atoms with Crippen molar-refractivity contribution in [3.63, 3.8) is 0 Å². The fraction of sp³-hybridized carbons (Fsp3) is 0.302. The Morgan fingerprint density at radius 3 is 1.00 bits per heavy atom. The Morgan fingerprint density at radius 1 is 0.451 bits per heavy atom. The molecular weight excluding hydrogens is 644 g/mol. The minimum Gasteiger partial charge on any atom is -0.461 e. The average molecular weight is 687 g/mol. The summed E-state index contributed by atoms with van der Waals surface area (Å²) in [6, 6.07) is 37.0. The van der Waals surface area contributed by atoms with Crippen molar-refractivity contribution in [2.24, 2.45) is 41.4 Å². The zero-order valence-electron chi connectivity index (χ0n) is 28.8. The molecule has 1 fully saturated rings. The molecule has 0 heterocycles. The number of esters is 4. The van der Waals surface area contributed by atoms with E-state index in [-0.39, 0.29) is 32.3 Å². The van der Waals surface area contributed by atoms with Crippen molar-refractivity contribution in [1.82, 2.24) is 0 Å². The quantitative estimate of drug-likeness (QED) is 0.0822. The highest BCUT2D eigenvalue weighted by molar-refractivity contribution is 5.90. The first-order chi connectivity index (χ1) is 24.8. The minimum atomic E-state index is -1.11. The highest BCUT2D eigenvalue weighted by atomic mass is 16.5. The number of ether oxygens (including phenoxy) is 4. The van der Waals surface area contributed by atoms with Crippen LogP contribution in [-0.4, -0.2) is 23.9 Å². The van der Waals surface area contributed by atoms with Gasteiger partial charge >= 0.3 is 23.9 Å². The van der Waals surface area contributed by atoms with Crippen molar-refractivity contribution in [2.75, 3.05) is 0 Å². The van der Waals surface area contributed by atoms with Gasteiger partial charge in [-0.15, -0.1) is 0 Å². The van der Waals surface area contributed by atoms with Crippen LogP contribution in [0.25, 0.3) is 0 Å². The standard InChI is InChI=1S/C43H42O8/c1-28(2)33-23-34-36(40(44)48-24-29-15-7-3-8-16-29)38(42(46)50-26-31-19-11-5-12-20-31)35(33)39(43(47)51-27-32-21-13-6-14-22-32)37(34)41(45)49-25-30-17-9-4-10-18-30/h3-23,28,34-39H,24-27H2,1-2H3. The maximum absolute atomic E-state index is 14.3. The van der Waals surface area contributed by atoms with Gasteiger partial charge in [0.25, 0.3) is 0 Å². The third kappa shape index (κ3) is 8.28. The van der Waals surface area contributed by atoms with E-state index in [1.165, 1.54) is 0 Å². The first-order valence-electron chi connectivity index (χ1n) is 17.4. The number of hydrogen-bond donors (Lipinski definition) is 0. The molecule has 4 aromatic carbocycles. The predicted molar refractivity (Wildman–Crippen MR) is 189 cm³/mol. The second-order valence-corrected chi connectivity index (χ2v) is 13.4. The molecule has 0 aromatic heterocycles. The molecule has 0 aliphatic heterocycles. The van der Waals surface area contributed by atoms with Gasteiger partial charge in [-0.3, -0.25) is 19.2 Å². The summed E-state index contributed by atoms with van der Waals surface area (Å²) in [6.07, 6.45) is 1.89. The molecule has 4 unspecified atom stereocenters. The molecular formula is C43H42O8. The number of carbonyl (C=O) groups is 4. The summed E-state index contributed by atoms with van der Waals surface area (Å²) in [5.74, 6) is -8.93. The van der Waals surface area contributed by atoms with E-state index in [0.717, 1.165) is 27.8 Å². The summed E-state index contributed by atoms with van der Waals surface area (Å²) < 4.78 is 23.6. The maximum atomic E-state index is 14.3. The van der Waals surface area contributed by atoms with Crippen molar-refractivity contribution in [1.29, 1.82) is 0 Å². The Balaban J connectivity index is 1.38. The van der Waals surface area contributed by atoms with Crippen LogP contribution in [0.15, 0.2) is 133 Å². The van der Waals surface area contributed by atoms with E-state index < -0.39 is 59.4 Å². The van der Waals surface area contributed by atoms with Gasteiger partial charge in [-0.2, -0.15) is 0 Å². The summed E-state index contributed by atoms with van der Waals surface area (Å²) in [5, 5.41) is 0. The van der Waals surface area contributed by atoms with Crippen LogP contribution < -0.4 is 0 Å². The van der Waals surface area contributed by atoms with Crippen LogP contribution in [-0.2, 0) is 64.6 Å². The molecule has 51 heavy (non-hydrogen) atoms. The molecule has 4 aromatic rings. The molecule has 0 spiro atoms. The molecule has 0 saturated heterocycles. The second-order valence-electron chi connectivity index (χ2n) is 13.4. The van der Waals surface area contributed by atoms with E-state index in [4.69, 9.17) is 18.9 Å². The molecule has 262 valence electrons. The molecule has 0 radical (unpaired) electrons. The monoisotopic (exact) mass is 686 g/mol. The third-order valence-electron chi connectivity index (χ3n) is 9.80. The zero-order valence-corrected chi connectivity index (χ0v) is 28.8. The molecule has 8 nitrogen and oxygen atoms in total. The smallest absolute Gasteiger partial charge is 0.310 e. The van der Waals surface area contributed by atoms with Gasteiger partial charge in [0.2, 0.25) is 0 Å². The van der Waals surface area contributed by atoms with Gasteiger partial charge in [0.1, 0.15) is 26.4 Å². The minimum absolute atomic E-state index is 0.0221. The topological polar surface area (TPSA) is 105 Å². The molecule has 0 N–H and O–H groups in total. The number of allylic oxidation sites excluding steroid dienone is 2. The number of benzene rings is 4. The Bertz CT molecular complexity index is 1700. The summed E-state index contributed by atoms with van der Waals surface area (Å²) in [7, 11) is 0. The molecule has 1 saturated carbocycles. The lowest BCUT2D eigenvalue weighted by Crippen LogP contribution is -2.60. The van der Waals surface area contributed by atoms with Gasteiger partial charge in [-0.05, 0) is 28.2 Å². The van der Waals surface area contributed by atoms with E-state index in [9.17, 15) is 19.2 Å². The largest absolute Gasteiger partial charge is 0.461 e. The second kappa shape index (κ2) is 16.5. The van der Waals surface area contributed by atoms with Gasteiger partial charge in [0, 0.05) is 11.8 Å². The average Bonchev–Trinajstić information content (AvgIpc) is 3.17. The van der Waals surface area contributed by atoms with Gasteiger partial charge in [-0.25, -0.2) is 0 Å². The number of fused-ring (bicyclic) bond motifs is 2. The SMILES string of the molecule is CC(C)C1=CC2C(C(=O)OCc3ccccc3)C(C(=O)OCc3ccccc3)C1C(C(=O)OCc1ccccc1)C2C(=O)OCc1ccccc1. The Hall–Kier alpha value is -5.50. The maximum Gasteiger partial charge on any atom is 0.310 e. The molecule has 2 bridgehead atoms. The Morgan fingerprint density at radius 2 is 0.725 bits per heavy atom. The lowest BCUT2D eigenvalue weighted by molar-refractivity contribution is -0.188. The van der Waals surface area contributed by atoms with Crippen LogP contribution in [0, 0.1) is 41.4 Å². The van der Waals surface area contributed by atoms with Crippen LogP contribution in [0.2, 0.25) is 0 Å². The molecule has 7 rings (SSSR count). The van der Waals surface area contributed by atoms with Crippen LogP contribution >= 0.6 is 0 Å². The predicted octanol–water partition coefficient (Wildman–Crippen LogP) is 7.27. The Kier molecular flexibility index (Phi) is 11.4. The van der Waals surface area contributed by atoms with Crippen LogP contribution in [0.4, 0.5) is 0 Å². The zero-order chi connectivity index (χ0) is 35.7. The van der Waals surface area contributed by atoms with E-state index in [2.05, 4.69) is 0 Å². The molecule has 3 aliphatic rings.